The van der Waals surface area contributed by atoms with Crippen LogP contribution in [0.2, 0.25) is 0 Å². The van der Waals surface area contributed by atoms with Crippen LogP contribution in [0.4, 0.5) is 0 Å². The van der Waals surface area contributed by atoms with E-state index in [1.165, 1.54) is 0 Å². The van der Waals surface area contributed by atoms with Gasteiger partial charge in [0.25, 0.3) is 0 Å². The van der Waals surface area contributed by atoms with Gasteiger partial charge in [-0.3, -0.25) is 9.67 Å². The zero-order chi connectivity index (χ0) is 10.3. The van der Waals surface area contributed by atoms with E-state index in [0.717, 1.165) is 21.3 Å². The van der Waals surface area contributed by atoms with Crippen molar-refractivity contribution < 1.29 is 0 Å². The second kappa shape index (κ2) is 3.16. The average molecular weight is 264 g/mol. The standard InChI is InChI=1S/C9H6BrN5/c10-6-3-8(15-2-1-11-5-15)13-7-4-12-14-9(6)7/h1-5H,(H,12,14). The molecule has 0 fully saturated rings. The highest BCUT2D eigenvalue weighted by atomic mass is 79.9. The van der Waals surface area contributed by atoms with E-state index in [0.29, 0.717) is 0 Å². The van der Waals surface area contributed by atoms with Crippen LogP contribution in [-0.2, 0) is 0 Å². The molecule has 74 valence electrons. The second-order valence-corrected chi connectivity index (χ2v) is 3.92. The number of nitrogens with one attached hydrogen (secondary N) is 1. The van der Waals surface area contributed by atoms with Crippen molar-refractivity contribution in [1.82, 2.24) is 24.7 Å². The summed E-state index contributed by atoms with van der Waals surface area (Å²) in [6, 6.07) is 1.92. The first-order chi connectivity index (χ1) is 7.34. The van der Waals surface area contributed by atoms with Gasteiger partial charge in [-0.2, -0.15) is 5.10 Å². The van der Waals surface area contributed by atoms with Crippen molar-refractivity contribution in [3.63, 3.8) is 0 Å². The molecule has 0 radical (unpaired) electrons. The number of halogens is 1. The van der Waals surface area contributed by atoms with E-state index in [1.807, 2.05) is 16.8 Å². The molecule has 0 aliphatic heterocycles. The SMILES string of the molecule is Brc1cc(-n2ccnc2)nc2cn[nH]c12. The van der Waals surface area contributed by atoms with Crippen LogP contribution in [-0.4, -0.2) is 24.7 Å². The lowest BCUT2D eigenvalue weighted by Crippen LogP contribution is -1.94. The van der Waals surface area contributed by atoms with Gasteiger partial charge in [-0.15, -0.1) is 0 Å². The fourth-order valence-corrected chi connectivity index (χ4v) is 1.90. The molecule has 15 heavy (non-hydrogen) atoms. The largest absolute Gasteiger partial charge is 0.290 e. The highest BCUT2D eigenvalue weighted by Gasteiger charge is 2.06. The van der Waals surface area contributed by atoms with Gasteiger partial charge in [0.1, 0.15) is 17.7 Å². The number of imidazole rings is 1. The van der Waals surface area contributed by atoms with E-state index in [9.17, 15) is 0 Å². The molecule has 0 bridgehead atoms. The van der Waals surface area contributed by atoms with E-state index in [2.05, 4.69) is 36.1 Å². The number of rotatable bonds is 1. The Morgan fingerprint density at radius 2 is 2.33 bits per heavy atom. The Morgan fingerprint density at radius 3 is 3.13 bits per heavy atom. The summed E-state index contributed by atoms with van der Waals surface area (Å²) >= 11 is 3.47. The molecule has 0 aliphatic carbocycles. The number of aromatic amines is 1. The van der Waals surface area contributed by atoms with Gasteiger partial charge in [0.15, 0.2) is 0 Å². The third-order valence-electron chi connectivity index (χ3n) is 2.12. The van der Waals surface area contributed by atoms with Crippen molar-refractivity contribution in [1.29, 1.82) is 0 Å². The first-order valence-electron chi connectivity index (χ1n) is 4.32. The number of nitrogens with zero attached hydrogens (tertiary/aromatic N) is 4. The van der Waals surface area contributed by atoms with E-state index in [-0.39, 0.29) is 0 Å². The van der Waals surface area contributed by atoms with Gasteiger partial charge in [0, 0.05) is 16.9 Å². The van der Waals surface area contributed by atoms with Crippen LogP contribution in [0, 0.1) is 0 Å². The Bertz CT molecular complexity index is 598. The van der Waals surface area contributed by atoms with Gasteiger partial charge in [0.05, 0.1) is 11.7 Å². The predicted molar refractivity (Wildman–Crippen MR) is 58.7 cm³/mol. The monoisotopic (exact) mass is 263 g/mol. The van der Waals surface area contributed by atoms with Gasteiger partial charge in [0.2, 0.25) is 0 Å². The van der Waals surface area contributed by atoms with Crippen LogP contribution in [0.1, 0.15) is 0 Å². The number of hydrogen-bond acceptors (Lipinski definition) is 3. The van der Waals surface area contributed by atoms with Crippen LogP contribution in [0.15, 0.2) is 35.5 Å². The quantitative estimate of drug-likeness (QED) is 0.730. The number of fused-ring (bicyclic) bond motifs is 1. The molecule has 0 amide bonds. The van der Waals surface area contributed by atoms with Crippen LogP contribution >= 0.6 is 15.9 Å². The maximum absolute atomic E-state index is 4.44. The minimum absolute atomic E-state index is 0.813. The van der Waals surface area contributed by atoms with Gasteiger partial charge in [-0.1, -0.05) is 0 Å². The number of pyridine rings is 1. The van der Waals surface area contributed by atoms with E-state index in [1.54, 1.807) is 18.7 Å². The fraction of sp³-hybridized carbons (Fsp3) is 0. The average Bonchev–Trinajstić information content (AvgIpc) is 2.88. The molecule has 6 heteroatoms. The molecule has 5 nitrogen and oxygen atoms in total. The minimum Gasteiger partial charge on any atom is -0.290 e. The Hall–Kier alpha value is -1.69. The summed E-state index contributed by atoms with van der Waals surface area (Å²) in [5, 5.41) is 6.82. The van der Waals surface area contributed by atoms with Crippen molar-refractivity contribution in [2.24, 2.45) is 0 Å². The molecule has 0 aromatic carbocycles. The smallest absolute Gasteiger partial charge is 0.139 e. The normalized spacial score (nSPS) is 11.0. The molecule has 0 atom stereocenters. The van der Waals surface area contributed by atoms with Crippen LogP contribution in [0.5, 0.6) is 0 Å². The van der Waals surface area contributed by atoms with Crippen molar-refractivity contribution in [2.75, 3.05) is 0 Å². The molecule has 3 aromatic rings. The van der Waals surface area contributed by atoms with E-state index >= 15 is 0 Å². The van der Waals surface area contributed by atoms with Crippen LogP contribution in [0.25, 0.3) is 16.9 Å². The Labute approximate surface area is 93.3 Å². The fourth-order valence-electron chi connectivity index (χ4n) is 1.41. The Morgan fingerprint density at radius 1 is 1.40 bits per heavy atom. The molecule has 3 heterocycles. The maximum Gasteiger partial charge on any atom is 0.139 e. The Kier molecular flexibility index (Phi) is 1.81. The zero-order valence-corrected chi connectivity index (χ0v) is 9.14. The zero-order valence-electron chi connectivity index (χ0n) is 7.55. The predicted octanol–water partition coefficient (Wildman–Crippen LogP) is 1.91. The molecule has 0 saturated carbocycles. The second-order valence-electron chi connectivity index (χ2n) is 3.06. The molecule has 0 unspecified atom stereocenters. The first-order valence-corrected chi connectivity index (χ1v) is 5.12. The molecule has 1 N–H and O–H groups in total. The summed E-state index contributed by atoms with van der Waals surface area (Å²) in [4.78, 5) is 8.42. The summed E-state index contributed by atoms with van der Waals surface area (Å²) in [5.41, 5.74) is 1.73. The summed E-state index contributed by atoms with van der Waals surface area (Å²) in [6.45, 7) is 0. The third-order valence-corrected chi connectivity index (χ3v) is 2.74. The topological polar surface area (TPSA) is 59.4 Å². The lowest BCUT2D eigenvalue weighted by Gasteiger charge is -2.01. The molecule has 3 aromatic heterocycles. The molecule has 0 spiro atoms. The lowest BCUT2D eigenvalue weighted by molar-refractivity contribution is 1.00. The number of hydrogen-bond donors (Lipinski definition) is 1. The van der Waals surface area contributed by atoms with Crippen molar-refractivity contribution in [3.8, 4) is 5.82 Å². The lowest BCUT2D eigenvalue weighted by atomic mass is 10.4. The summed E-state index contributed by atoms with van der Waals surface area (Å²) < 4.78 is 2.78. The van der Waals surface area contributed by atoms with Gasteiger partial charge >= 0.3 is 0 Å². The molecule has 3 rings (SSSR count). The molecule has 0 saturated heterocycles. The molecule has 0 aliphatic rings. The van der Waals surface area contributed by atoms with Gasteiger partial charge < -0.3 is 0 Å². The third kappa shape index (κ3) is 1.33. The summed E-state index contributed by atoms with van der Waals surface area (Å²) in [5.74, 6) is 0.813. The van der Waals surface area contributed by atoms with Gasteiger partial charge in [-0.25, -0.2) is 9.97 Å². The van der Waals surface area contributed by atoms with Crippen molar-refractivity contribution in [2.45, 2.75) is 0 Å². The molecular weight excluding hydrogens is 258 g/mol. The van der Waals surface area contributed by atoms with Crippen LogP contribution < -0.4 is 0 Å². The Balaban J connectivity index is 2.29. The summed E-state index contributed by atoms with van der Waals surface area (Å²) in [7, 11) is 0. The number of H-pyrrole nitrogens is 1. The summed E-state index contributed by atoms with van der Waals surface area (Å²) in [6.07, 6.45) is 6.97. The highest BCUT2D eigenvalue weighted by molar-refractivity contribution is 9.10. The van der Waals surface area contributed by atoms with E-state index < -0.39 is 0 Å². The minimum atomic E-state index is 0.813. The highest BCUT2D eigenvalue weighted by Crippen LogP contribution is 2.22. The van der Waals surface area contributed by atoms with Crippen LogP contribution in [0.3, 0.4) is 0 Å². The maximum atomic E-state index is 4.44. The van der Waals surface area contributed by atoms with E-state index in [4.69, 9.17) is 0 Å². The number of aromatic nitrogens is 5. The van der Waals surface area contributed by atoms with Crippen molar-refractivity contribution >= 4 is 27.0 Å². The molecular formula is C9H6BrN5. The first kappa shape index (κ1) is 8.60. The van der Waals surface area contributed by atoms with Crippen molar-refractivity contribution in [3.05, 3.63) is 35.5 Å². The van der Waals surface area contributed by atoms with Gasteiger partial charge in [-0.05, 0) is 22.0 Å².